The van der Waals surface area contributed by atoms with Crippen LogP contribution in [0.2, 0.25) is 10.0 Å². The molecule has 0 radical (unpaired) electrons. The van der Waals surface area contributed by atoms with Gasteiger partial charge in [0.1, 0.15) is 0 Å². The molecule has 0 bridgehead atoms. The van der Waals surface area contributed by atoms with Crippen molar-refractivity contribution in [2.45, 2.75) is 18.4 Å². The fourth-order valence-corrected chi connectivity index (χ4v) is 4.15. The van der Waals surface area contributed by atoms with Crippen molar-refractivity contribution in [2.24, 2.45) is 0 Å². The Morgan fingerprint density at radius 1 is 0.966 bits per heavy atom. The number of hydrogen-bond donors (Lipinski definition) is 2. The van der Waals surface area contributed by atoms with Gasteiger partial charge in [-0.25, -0.2) is 8.42 Å². The molecule has 0 saturated heterocycles. The number of rotatable bonds is 6. The first-order valence-electron chi connectivity index (χ1n) is 8.66. The maximum Gasteiger partial charge on any atom is 0.261 e. The highest BCUT2D eigenvalue weighted by Gasteiger charge is 2.16. The van der Waals surface area contributed by atoms with E-state index in [1.54, 1.807) is 30.3 Å². The summed E-state index contributed by atoms with van der Waals surface area (Å²) in [5.41, 5.74) is 2.32. The van der Waals surface area contributed by atoms with E-state index < -0.39 is 10.0 Å². The van der Waals surface area contributed by atoms with E-state index in [0.29, 0.717) is 5.02 Å². The largest absolute Gasteiger partial charge is 0.348 e. The Morgan fingerprint density at radius 2 is 1.69 bits per heavy atom. The first-order valence-corrected chi connectivity index (χ1v) is 10.9. The van der Waals surface area contributed by atoms with Crippen molar-refractivity contribution in [1.29, 1.82) is 0 Å². The van der Waals surface area contributed by atoms with Crippen LogP contribution in [0.3, 0.4) is 0 Å². The predicted molar refractivity (Wildman–Crippen MR) is 116 cm³/mol. The summed E-state index contributed by atoms with van der Waals surface area (Å²) in [4.78, 5) is 12.5. The molecule has 0 aromatic heterocycles. The summed E-state index contributed by atoms with van der Waals surface area (Å²) < 4.78 is 27.4. The number of hydrogen-bond acceptors (Lipinski definition) is 3. The van der Waals surface area contributed by atoms with Gasteiger partial charge in [0, 0.05) is 11.6 Å². The zero-order chi connectivity index (χ0) is 21.0. The highest BCUT2D eigenvalue weighted by molar-refractivity contribution is 7.92. The van der Waals surface area contributed by atoms with Crippen LogP contribution in [-0.4, -0.2) is 14.3 Å². The van der Waals surface area contributed by atoms with Crippen LogP contribution in [0.15, 0.2) is 71.6 Å². The summed E-state index contributed by atoms with van der Waals surface area (Å²) in [6.45, 7) is 2.16. The van der Waals surface area contributed by atoms with E-state index in [1.165, 1.54) is 30.3 Å². The first kappa shape index (κ1) is 21.2. The van der Waals surface area contributed by atoms with E-state index in [9.17, 15) is 13.2 Å². The second kappa shape index (κ2) is 8.86. The molecule has 1 amide bonds. The third-order valence-electron chi connectivity index (χ3n) is 4.14. The number of carbonyl (C=O) groups is 1. The molecule has 0 saturated carbocycles. The number of amides is 1. The Labute approximate surface area is 179 Å². The van der Waals surface area contributed by atoms with Gasteiger partial charge in [0.05, 0.1) is 21.2 Å². The molecular formula is C21H18Cl2N2O3S. The van der Waals surface area contributed by atoms with E-state index in [0.717, 1.165) is 11.1 Å². The molecule has 0 atom stereocenters. The Hall–Kier alpha value is -2.54. The van der Waals surface area contributed by atoms with Gasteiger partial charge >= 0.3 is 0 Å². The lowest BCUT2D eigenvalue weighted by Crippen LogP contribution is -2.23. The second-order valence-electron chi connectivity index (χ2n) is 6.43. The van der Waals surface area contributed by atoms with Crippen LogP contribution in [0, 0.1) is 6.92 Å². The van der Waals surface area contributed by atoms with E-state index in [4.69, 9.17) is 23.2 Å². The number of nitrogens with one attached hydrogen (secondary N) is 2. The quantitative estimate of drug-likeness (QED) is 0.554. The molecule has 0 aliphatic heterocycles. The fraction of sp³-hybridized carbons (Fsp3) is 0.0952. The van der Waals surface area contributed by atoms with Crippen LogP contribution >= 0.6 is 23.2 Å². The van der Waals surface area contributed by atoms with Gasteiger partial charge in [-0.3, -0.25) is 9.52 Å². The number of halogens is 2. The number of anilines is 1. The van der Waals surface area contributed by atoms with Crippen LogP contribution < -0.4 is 10.0 Å². The molecule has 0 unspecified atom stereocenters. The topological polar surface area (TPSA) is 75.3 Å². The number of sulfonamides is 1. The lowest BCUT2D eigenvalue weighted by atomic mass is 10.1. The summed E-state index contributed by atoms with van der Waals surface area (Å²) in [5.74, 6) is -0.372. The average Bonchev–Trinajstić information content (AvgIpc) is 2.66. The third kappa shape index (κ3) is 5.50. The van der Waals surface area contributed by atoms with E-state index >= 15 is 0 Å². The number of benzene rings is 3. The molecule has 5 nitrogen and oxygen atoms in total. The Bertz CT molecular complexity index is 1150. The molecular weight excluding hydrogens is 431 g/mol. The van der Waals surface area contributed by atoms with Crippen molar-refractivity contribution in [1.82, 2.24) is 5.32 Å². The van der Waals surface area contributed by atoms with Crippen LogP contribution in [0.5, 0.6) is 0 Å². The molecule has 150 valence electrons. The summed E-state index contributed by atoms with van der Waals surface area (Å²) in [5, 5.41) is 3.48. The van der Waals surface area contributed by atoms with Gasteiger partial charge in [0.2, 0.25) is 0 Å². The van der Waals surface area contributed by atoms with Crippen LogP contribution in [0.25, 0.3) is 0 Å². The summed E-state index contributed by atoms with van der Waals surface area (Å²) in [7, 11) is -3.75. The van der Waals surface area contributed by atoms with Gasteiger partial charge in [-0.15, -0.1) is 0 Å². The number of aryl methyl sites for hydroxylation is 1. The Kier molecular flexibility index (Phi) is 6.47. The van der Waals surface area contributed by atoms with E-state index in [-0.39, 0.29) is 33.6 Å². The van der Waals surface area contributed by atoms with Crippen molar-refractivity contribution < 1.29 is 13.2 Å². The first-order chi connectivity index (χ1) is 13.7. The van der Waals surface area contributed by atoms with Gasteiger partial charge < -0.3 is 5.32 Å². The monoisotopic (exact) mass is 448 g/mol. The SMILES string of the molecule is Cc1ccc(S(=O)(=O)Nc2ccc(C(=O)NCc3cccc(Cl)c3)c(Cl)c2)cc1. The molecule has 0 aliphatic carbocycles. The minimum absolute atomic E-state index is 0.137. The van der Waals surface area contributed by atoms with Gasteiger partial charge in [0.15, 0.2) is 0 Å². The van der Waals surface area contributed by atoms with Crippen LogP contribution in [0.4, 0.5) is 5.69 Å². The van der Waals surface area contributed by atoms with Crippen LogP contribution in [0.1, 0.15) is 21.5 Å². The summed E-state index contributed by atoms with van der Waals surface area (Å²) >= 11 is 12.1. The molecule has 3 aromatic rings. The molecule has 2 N–H and O–H groups in total. The van der Waals surface area contributed by atoms with Crippen LogP contribution in [-0.2, 0) is 16.6 Å². The maximum absolute atomic E-state index is 12.5. The van der Waals surface area contributed by atoms with Gasteiger partial charge in [0.25, 0.3) is 15.9 Å². The van der Waals surface area contributed by atoms with Gasteiger partial charge in [-0.05, 0) is 55.0 Å². The van der Waals surface area contributed by atoms with Crippen molar-refractivity contribution in [2.75, 3.05) is 4.72 Å². The standard InChI is InChI=1S/C21H18Cl2N2O3S/c1-14-5-8-18(9-6-14)29(27,28)25-17-7-10-19(20(23)12-17)21(26)24-13-15-3-2-4-16(22)11-15/h2-12,25H,13H2,1H3,(H,24,26). The Morgan fingerprint density at radius 3 is 2.34 bits per heavy atom. The molecule has 3 rings (SSSR count). The van der Waals surface area contributed by atoms with Crippen molar-refractivity contribution in [3.63, 3.8) is 0 Å². The zero-order valence-electron chi connectivity index (χ0n) is 15.4. The highest BCUT2D eigenvalue weighted by Crippen LogP contribution is 2.24. The summed E-state index contributed by atoms with van der Waals surface area (Å²) in [6, 6.07) is 18.0. The zero-order valence-corrected chi connectivity index (χ0v) is 17.8. The second-order valence-corrected chi connectivity index (χ2v) is 8.95. The molecule has 0 aliphatic rings. The molecule has 8 heteroatoms. The molecule has 0 heterocycles. The van der Waals surface area contributed by atoms with E-state index in [1.807, 2.05) is 13.0 Å². The highest BCUT2D eigenvalue weighted by atomic mass is 35.5. The maximum atomic E-state index is 12.5. The van der Waals surface area contributed by atoms with Gasteiger partial charge in [-0.1, -0.05) is 53.0 Å². The number of carbonyl (C=O) groups excluding carboxylic acids is 1. The van der Waals surface area contributed by atoms with Crippen molar-refractivity contribution in [3.8, 4) is 0 Å². The molecule has 29 heavy (non-hydrogen) atoms. The minimum Gasteiger partial charge on any atom is -0.348 e. The third-order valence-corrected chi connectivity index (χ3v) is 6.08. The predicted octanol–water partition coefficient (Wildman–Crippen LogP) is 5.03. The lowest BCUT2D eigenvalue weighted by Gasteiger charge is -2.11. The fourth-order valence-electron chi connectivity index (χ4n) is 2.62. The van der Waals surface area contributed by atoms with Crippen molar-refractivity contribution in [3.05, 3.63) is 93.5 Å². The lowest BCUT2D eigenvalue weighted by molar-refractivity contribution is 0.0951. The normalized spacial score (nSPS) is 11.1. The molecule has 0 spiro atoms. The van der Waals surface area contributed by atoms with E-state index in [2.05, 4.69) is 10.0 Å². The summed E-state index contributed by atoms with van der Waals surface area (Å²) in [6.07, 6.45) is 0. The molecule has 0 fully saturated rings. The van der Waals surface area contributed by atoms with Gasteiger partial charge in [-0.2, -0.15) is 0 Å². The average molecular weight is 449 g/mol. The Balaban J connectivity index is 1.71. The minimum atomic E-state index is -3.75. The molecule has 3 aromatic carbocycles. The van der Waals surface area contributed by atoms with Crippen molar-refractivity contribution >= 4 is 44.8 Å². The smallest absolute Gasteiger partial charge is 0.261 e.